The van der Waals surface area contributed by atoms with Gasteiger partial charge in [0.15, 0.2) is 15.8 Å². The lowest BCUT2D eigenvalue weighted by atomic mass is 9.73. The summed E-state index contributed by atoms with van der Waals surface area (Å²) in [4.78, 5) is 7.20. The Morgan fingerprint density at radius 1 is 1.12 bits per heavy atom. The number of likely N-dealkylation sites (tertiary alicyclic amines) is 1. The molecule has 3 fully saturated rings. The van der Waals surface area contributed by atoms with Crippen molar-refractivity contribution in [2.24, 2.45) is 10.4 Å². The van der Waals surface area contributed by atoms with E-state index in [2.05, 4.69) is 17.1 Å². The summed E-state index contributed by atoms with van der Waals surface area (Å²) in [6, 6.07) is 0. The number of hydrogen-bond donors (Lipinski definition) is 1. The lowest BCUT2D eigenvalue weighted by Crippen LogP contribution is -2.48. The van der Waals surface area contributed by atoms with Gasteiger partial charge in [-0.1, -0.05) is 19.3 Å². The van der Waals surface area contributed by atoms with Crippen LogP contribution in [0.2, 0.25) is 0 Å². The van der Waals surface area contributed by atoms with E-state index in [1.807, 2.05) is 0 Å². The molecule has 3 aliphatic rings. The van der Waals surface area contributed by atoms with Gasteiger partial charge < -0.3 is 15.0 Å². The van der Waals surface area contributed by atoms with Gasteiger partial charge >= 0.3 is 0 Å². The summed E-state index contributed by atoms with van der Waals surface area (Å²) in [6.45, 7) is 6.31. The third-order valence-corrected chi connectivity index (χ3v) is 8.81. The number of ether oxygens (including phenoxy) is 1. The predicted octanol–water partition coefficient (Wildman–Crippen LogP) is 2.20. The summed E-state index contributed by atoms with van der Waals surface area (Å²) in [6.07, 6.45) is 10.4. The second-order valence-electron chi connectivity index (χ2n) is 8.47. The topological polar surface area (TPSA) is 71.0 Å². The summed E-state index contributed by atoms with van der Waals surface area (Å²) < 4.78 is 29.6. The minimum absolute atomic E-state index is 0.334. The van der Waals surface area contributed by atoms with E-state index in [9.17, 15) is 8.42 Å². The van der Waals surface area contributed by atoms with Crippen molar-refractivity contribution in [3.05, 3.63) is 0 Å². The molecule has 6 nitrogen and oxygen atoms in total. The molecule has 1 saturated carbocycles. The minimum Gasteiger partial charge on any atom is -0.381 e. The van der Waals surface area contributed by atoms with E-state index < -0.39 is 14.6 Å². The maximum Gasteiger partial charge on any atom is 0.193 e. The van der Waals surface area contributed by atoms with Crippen molar-refractivity contribution in [1.29, 1.82) is 0 Å². The molecule has 2 saturated heterocycles. The number of nitrogens with one attached hydrogen (secondary N) is 1. The van der Waals surface area contributed by atoms with Gasteiger partial charge in [0.1, 0.15) is 0 Å². The van der Waals surface area contributed by atoms with Crippen LogP contribution in [-0.2, 0) is 14.6 Å². The molecular weight excluding hydrogens is 350 g/mol. The summed E-state index contributed by atoms with van der Waals surface area (Å²) in [5.74, 6) is 0.893. The molecule has 0 unspecified atom stereocenters. The number of nitrogens with zero attached hydrogens (tertiary/aromatic N) is 2. The first-order chi connectivity index (χ1) is 12.4. The van der Waals surface area contributed by atoms with Crippen LogP contribution >= 0.6 is 0 Å². The second-order valence-corrected chi connectivity index (χ2v) is 10.9. The highest BCUT2D eigenvalue weighted by Crippen LogP contribution is 2.43. The fraction of sp³-hybridized carbons (Fsp3) is 0.947. The van der Waals surface area contributed by atoms with Gasteiger partial charge in [0.25, 0.3) is 0 Å². The molecular formula is C19H35N3O3S. The van der Waals surface area contributed by atoms with E-state index in [0.717, 1.165) is 25.6 Å². The predicted molar refractivity (Wildman–Crippen MR) is 105 cm³/mol. The summed E-state index contributed by atoms with van der Waals surface area (Å²) in [5.41, 5.74) is 0.460. The van der Waals surface area contributed by atoms with Crippen LogP contribution in [0.5, 0.6) is 0 Å². The molecule has 0 amide bonds. The molecule has 0 atom stereocenters. The molecule has 0 aromatic carbocycles. The largest absolute Gasteiger partial charge is 0.381 e. The van der Waals surface area contributed by atoms with Gasteiger partial charge in [-0.2, -0.15) is 0 Å². The summed E-state index contributed by atoms with van der Waals surface area (Å²) >= 11 is 0. The Hall–Kier alpha value is -0.820. The van der Waals surface area contributed by atoms with Crippen molar-refractivity contribution < 1.29 is 13.2 Å². The number of aliphatic imine (C=N–C) groups is 1. The van der Waals surface area contributed by atoms with Gasteiger partial charge in [-0.15, -0.1) is 0 Å². The van der Waals surface area contributed by atoms with E-state index in [0.29, 0.717) is 38.0 Å². The Balaban J connectivity index is 1.74. The number of guanidine groups is 1. The molecule has 2 heterocycles. The Labute approximate surface area is 158 Å². The van der Waals surface area contributed by atoms with E-state index in [4.69, 9.17) is 9.73 Å². The molecule has 0 aromatic heterocycles. The van der Waals surface area contributed by atoms with Gasteiger partial charge in [-0.05, 0) is 44.4 Å². The zero-order valence-corrected chi connectivity index (χ0v) is 17.2. The first kappa shape index (κ1) is 19.9. The Kier molecular flexibility index (Phi) is 6.17. The summed E-state index contributed by atoms with van der Waals surface area (Å²) in [7, 11) is -3.18. The number of hydrogen-bond acceptors (Lipinski definition) is 4. The zero-order valence-electron chi connectivity index (χ0n) is 16.4. The van der Waals surface area contributed by atoms with Crippen molar-refractivity contribution in [1.82, 2.24) is 10.2 Å². The van der Waals surface area contributed by atoms with E-state index in [1.54, 1.807) is 0 Å². The lowest BCUT2D eigenvalue weighted by Gasteiger charge is -2.35. The molecule has 7 heteroatoms. The van der Waals surface area contributed by atoms with Crippen LogP contribution in [0.1, 0.15) is 58.3 Å². The van der Waals surface area contributed by atoms with Crippen LogP contribution in [0.4, 0.5) is 0 Å². The van der Waals surface area contributed by atoms with Crippen molar-refractivity contribution in [2.45, 2.75) is 63.0 Å². The molecule has 1 N–H and O–H groups in total. The molecule has 0 bridgehead atoms. The van der Waals surface area contributed by atoms with Crippen molar-refractivity contribution in [3.63, 3.8) is 0 Å². The number of rotatable bonds is 4. The molecule has 1 spiro atoms. The smallest absolute Gasteiger partial charge is 0.193 e. The highest BCUT2D eigenvalue weighted by atomic mass is 32.2. The molecule has 2 aliphatic heterocycles. The van der Waals surface area contributed by atoms with Crippen LogP contribution in [0.15, 0.2) is 4.99 Å². The normalized spacial score (nSPS) is 26.2. The first-order valence-corrected chi connectivity index (χ1v) is 12.1. The number of sulfone groups is 1. The van der Waals surface area contributed by atoms with E-state index in [-0.39, 0.29) is 0 Å². The Morgan fingerprint density at radius 3 is 2.42 bits per heavy atom. The molecule has 26 heavy (non-hydrogen) atoms. The monoisotopic (exact) mass is 385 g/mol. The Morgan fingerprint density at radius 2 is 1.81 bits per heavy atom. The minimum atomic E-state index is -3.18. The van der Waals surface area contributed by atoms with Crippen molar-refractivity contribution >= 4 is 15.8 Å². The van der Waals surface area contributed by atoms with Crippen LogP contribution in [0, 0.1) is 5.41 Å². The molecule has 0 aromatic rings. The highest BCUT2D eigenvalue weighted by Gasteiger charge is 2.43. The van der Waals surface area contributed by atoms with Gasteiger partial charge in [-0.25, -0.2) is 8.42 Å². The highest BCUT2D eigenvalue weighted by molar-refractivity contribution is 7.92. The molecule has 150 valence electrons. The van der Waals surface area contributed by atoms with Gasteiger partial charge in [0.2, 0.25) is 0 Å². The fourth-order valence-electron chi connectivity index (χ4n) is 4.86. The SMILES string of the molecule is CCNC(=NCC1(S(C)(=O)=O)CCOCC1)N1CCC2(CCCCC2)C1. The van der Waals surface area contributed by atoms with E-state index in [1.165, 1.54) is 44.8 Å². The summed E-state index contributed by atoms with van der Waals surface area (Å²) in [5, 5.41) is 3.40. The van der Waals surface area contributed by atoms with Gasteiger partial charge in [0, 0.05) is 39.1 Å². The quantitative estimate of drug-likeness (QED) is 0.593. The zero-order chi connectivity index (χ0) is 18.7. The fourth-order valence-corrected chi connectivity index (χ4v) is 6.07. The van der Waals surface area contributed by atoms with Crippen LogP contribution in [-0.4, -0.2) is 69.7 Å². The maximum atomic E-state index is 12.5. The molecule has 0 radical (unpaired) electrons. The van der Waals surface area contributed by atoms with Gasteiger partial charge in [0.05, 0.1) is 11.3 Å². The average molecular weight is 386 g/mol. The van der Waals surface area contributed by atoms with E-state index >= 15 is 0 Å². The van der Waals surface area contributed by atoms with Crippen LogP contribution in [0.25, 0.3) is 0 Å². The van der Waals surface area contributed by atoms with Gasteiger partial charge in [-0.3, -0.25) is 4.99 Å². The first-order valence-electron chi connectivity index (χ1n) is 10.2. The Bertz CT molecular complexity index is 606. The second kappa shape index (κ2) is 8.05. The molecule has 3 rings (SSSR count). The average Bonchev–Trinajstić information content (AvgIpc) is 3.02. The lowest BCUT2D eigenvalue weighted by molar-refractivity contribution is 0.0767. The van der Waals surface area contributed by atoms with Crippen LogP contribution < -0.4 is 5.32 Å². The van der Waals surface area contributed by atoms with Crippen LogP contribution in [0.3, 0.4) is 0 Å². The molecule has 1 aliphatic carbocycles. The van der Waals surface area contributed by atoms with Crippen molar-refractivity contribution in [2.75, 3.05) is 45.6 Å². The third-order valence-electron chi connectivity index (χ3n) is 6.69. The third kappa shape index (κ3) is 4.19. The maximum absolute atomic E-state index is 12.5. The van der Waals surface area contributed by atoms with Crippen molar-refractivity contribution in [3.8, 4) is 0 Å². The standard InChI is InChI=1S/C19H35N3O3S/c1-3-20-17(22-12-9-18(16-22)7-5-4-6-8-18)21-15-19(26(2,23)24)10-13-25-14-11-19/h3-16H2,1-2H3,(H,20,21).